The summed E-state index contributed by atoms with van der Waals surface area (Å²) >= 11 is 1.78. The maximum atomic E-state index is 12.6. The Kier molecular flexibility index (Phi) is 12.7. The fourth-order valence-electron chi connectivity index (χ4n) is 7.87. The van der Waals surface area contributed by atoms with E-state index in [1.54, 1.807) is 18.0 Å². The number of aromatic nitrogens is 4. The number of benzene rings is 1. The number of nitrogens with one attached hydrogen (secondary N) is 2. The molecule has 10 nitrogen and oxygen atoms in total. The van der Waals surface area contributed by atoms with Crippen molar-refractivity contribution in [3.8, 4) is 23.3 Å². The zero-order valence-corrected chi connectivity index (χ0v) is 30.2. The number of carbonyl (C=O) groups is 2. The Morgan fingerprint density at radius 2 is 1.90 bits per heavy atom. The molecular formula is C39H50N6O4S. The van der Waals surface area contributed by atoms with E-state index >= 15 is 0 Å². The summed E-state index contributed by atoms with van der Waals surface area (Å²) in [6, 6.07) is 9.63. The molecule has 1 aromatic carbocycles. The molecule has 2 heterocycles. The third-order valence-electron chi connectivity index (χ3n) is 10.5. The lowest BCUT2D eigenvalue weighted by molar-refractivity contribution is -0.123. The van der Waals surface area contributed by atoms with Gasteiger partial charge < -0.3 is 20.1 Å². The van der Waals surface area contributed by atoms with E-state index in [1.165, 1.54) is 64.2 Å². The van der Waals surface area contributed by atoms with E-state index in [1.807, 2.05) is 48.0 Å². The molecule has 0 saturated heterocycles. The summed E-state index contributed by atoms with van der Waals surface area (Å²) in [4.78, 5) is 29.0. The Morgan fingerprint density at radius 3 is 2.70 bits per heavy atom. The third-order valence-corrected chi connectivity index (χ3v) is 11.8. The Morgan fingerprint density at radius 1 is 1.04 bits per heavy atom. The lowest BCUT2D eigenvalue weighted by Crippen LogP contribution is -2.38. The molecule has 0 radical (unpaired) electrons. The summed E-state index contributed by atoms with van der Waals surface area (Å²) in [5.74, 6) is 10.4. The van der Waals surface area contributed by atoms with Crippen LogP contribution in [0.4, 0.5) is 4.79 Å². The minimum Gasteiger partial charge on any atom is -0.486 e. The van der Waals surface area contributed by atoms with Crippen LogP contribution in [0.1, 0.15) is 94.5 Å². The molecule has 2 bridgehead atoms. The number of hydrogen-bond donors (Lipinski definition) is 2. The van der Waals surface area contributed by atoms with Gasteiger partial charge in [0.15, 0.2) is 17.6 Å². The zero-order valence-electron chi connectivity index (χ0n) is 29.4. The number of fused-ring (bicyclic) bond motifs is 2. The number of nitrogens with zero attached hydrogens (tertiary/aromatic N) is 4. The molecule has 3 aromatic rings. The minimum atomic E-state index is -0.552. The first kappa shape index (κ1) is 35.8. The number of ether oxygens (including phenoxy) is 2. The van der Waals surface area contributed by atoms with Crippen LogP contribution in [0, 0.1) is 42.4 Å². The minimum absolute atomic E-state index is 0.0378. The van der Waals surface area contributed by atoms with E-state index < -0.39 is 6.09 Å². The zero-order chi connectivity index (χ0) is 34.7. The van der Waals surface area contributed by atoms with Crippen LogP contribution < -0.4 is 15.4 Å². The molecule has 0 spiro atoms. The number of hydrogen-bond acceptors (Lipinski definition) is 8. The first-order valence-corrected chi connectivity index (χ1v) is 19.2. The summed E-state index contributed by atoms with van der Waals surface area (Å²) in [7, 11) is 0. The second-order valence-corrected chi connectivity index (χ2v) is 15.3. The highest BCUT2D eigenvalue weighted by Crippen LogP contribution is 2.47. The highest BCUT2D eigenvalue weighted by atomic mass is 32.2. The topological polar surface area (TPSA) is 120 Å². The predicted octanol–water partition coefficient (Wildman–Crippen LogP) is 7.02. The second kappa shape index (κ2) is 17.8. The molecule has 2 aromatic heterocycles. The van der Waals surface area contributed by atoms with Gasteiger partial charge in [0.05, 0.1) is 11.9 Å². The van der Waals surface area contributed by atoms with Gasteiger partial charge in [0.2, 0.25) is 5.91 Å². The van der Waals surface area contributed by atoms with Crippen LogP contribution in [0.3, 0.4) is 0 Å². The largest absolute Gasteiger partial charge is 0.486 e. The highest BCUT2D eigenvalue weighted by Gasteiger charge is 2.37. The van der Waals surface area contributed by atoms with Gasteiger partial charge in [-0.05, 0) is 105 Å². The van der Waals surface area contributed by atoms with Gasteiger partial charge in [-0.15, -0.1) is 10.2 Å². The summed E-state index contributed by atoms with van der Waals surface area (Å²) in [6.07, 6.45) is 16.2. The van der Waals surface area contributed by atoms with Crippen molar-refractivity contribution < 1.29 is 19.1 Å². The molecule has 50 heavy (non-hydrogen) atoms. The smallest absolute Gasteiger partial charge is 0.408 e. The quantitative estimate of drug-likeness (QED) is 0.144. The molecule has 11 heteroatoms. The molecule has 3 aliphatic carbocycles. The second-order valence-electron chi connectivity index (χ2n) is 14.0. The van der Waals surface area contributed by atoms with Crippen LogP contribution in [0.15, 0.2) is 47.9 Å². The average molecular weight is 699 g/mol. The number of carbonyl (C=O) groups excluding carboxylic acids is 2. The molecule has 6 rings (SSSR count). The van der Waals surface area contributed by atoms with E-state index in [4.69, 9.17) is 9.47 Å². The number of pyridine rings is 1. The Labute approximate surface area is 300 Å². The lowest BCUT2D eigenvalue weighted by Gasteiger charge is -2.43. The number of amides is 2. The van der Waals surface area contributed by atoms with Crippen molar-refractivity contribution in [1.29, 1.82) is 0 Å². The summed E-state index contributed by atoms with van der Waals surface area (Å²) < 4.78 is 13.4. The van der Waals surface area contributed by atoms with Gasteiger partial charge in [-0.3, -0.25) is 14.3 Å². The van der Waals surface area contributed by atoms with Gasteiger partial charge in [0.25, 0.3) is 0 Å². The summed E-state index contributed by atoms with van der Waals surface area (Å²) in [5.41, 5.74) is 2.69. The van der Waals surface area contributed by atoms with Gasteiger partial charge in [0.1, 0.15) is 12.4 Å². The van der Waals surface area contributed by atoms with E-state index in [9.17, 15) is 9.59 Å². The number of rotatable bonds is 13. The van der Waals surface area contributed by atoms with Crippen LogP contribution in [0.2, 0.25) is 0 Å². The molecule has 4 atom stereocenters. The lowest BCUT2D eigenvalue weighted by atomic mass is 9.62. The van der Waals surface area contributed by atoms with Gasteiger partial charge in [-0.1, -0.05) is 56.2 Å². The van der Waals surface area contributed by atoms with Crippen molar-refractivity contribution >= 4 is 23.8 Å². The monoisotopic (exact) mass is 698 g/mol. The molecule has 3 fully saturated rings. The predicted molar refractivity (Wildman–Crippen MR) is 194 cm³/mol. The van der Waals surface area contributed by atoms with Crippen molar-refractivity contribution in [2.75, 3.05) is 19.7 Å². The first-order valence-electron chi connectivity index (χ1n) is 18.4. The van der Waals surface area contributed by atoms with Crippen molar-refractivity contribution in [2.45, 2.75) is 101 Å². The Balaban J connectivity index is 0.908. The Hall–Kier alpha value is -4.04. The number of aryl methyl sites for hydroxylation is 1. The van der Waals surface area contributed by atoms with Gasteiger partial charge in [-0.2, -0.15) is 0 Å². The van der Waals surface area contributed by atoms with E-state index in [-0.39, 0.29) is 19.1 Å². The van der Waals surface area contributed by atoms with Crippen LogP contribution >= 0.6 is 11.8 Å². The normalized spacial score (nSPS) is 21.6. The van der Waals surface area contributed by atoms with E-state index in [0.29, 0.717) is 48.2 Å². The molecular weight excluding hydrogens is 649 g/mol. The van der Waals surface area contributed by atoms with Crippen molar-refractivity contribution in [3.05, 3.63) is 59.7 Å². The number of thioether (sulfide) groups is 1. The fraction of sp³-hybridized carbons (Fsp3) is 0.564. The molecule has 0 aliphatic heterocycles. The SMILES string of the molecule is CCC1C[C@H]2CCC(CC(=O)NCCNC(=O)OCC#Cc3ccc(OCc4nnc(SC5CCCC5)n4-c4cccnc4)cc3C)[C@@H](C1)C2. The van der Waals surface area contributed by atoms with Crippen LogP contribution in [0.5, 0.6) is 5.75 Å². The van der Waals surface area contributed by atoms with Gasteiger partial charge in [0, 0.05) is 36.5 Å². The van der Waals surface area contributed by atoms with Crippen LogP contribution in [-0.4, -0.2) is 56.7 Å². The molecule has 2 amide bonds. The van der Waals surface area contributed by atoms with Gasteiger partial charge in [-0.25, -0.2) is 4.79 Å². The third kappa shape index (κ3) is 9.81. The van der Waals surface area contributed by atoms with E-state index in [2.05, 4.69) is 44.6 Å². The molecule has 2 unspecified atom stereocenters. The molecule has 3 aliphatic rings. The summed E-state index contributed by atoms with van der Waals surface area (Å²) in [5, 5.41) is 16.1. The molecule has 2 N–H and O–H groups in total. The Bertz CT molecular complexity index is 1650. The van der Waals surface area contributed by atoms with Crippen LogP contribution in [-0.2, 0) is 16.1 Å². The first-order chi connectivity index (χ1) is 24.4. The van der Waals surface area contributed by atoms with Crippen LogP contribution in [0.25, 0.3) is 5.69 Å². The van der Waals surface area contributed by atoms with Crippen molar-refractivity contribution in [3.63, 3.8) is 0 Å². The average Bonchev–Trinajstić information content (AvgIpc) is 3.80. The van der Waals surface area contributed by atoms with Gasteiger partial charge >= 0.3 is 6.09 Å². The molecule has 3 saturated carbocycles. The maximum Gasteiger partial charge on any atom is 0.408 e. The molecule has 266 valence electrons. The van der Waals surface area contributed by atoms with E-state index in [0.717, 1.165) is 33.8 Å². The highest BCUT2D eigenvalue weighted by molar-refractivity contribution is 7.99. The number of alkyl carbamates (subject to hydrolysis) is 1. The standard InChI is InChI=1S/C39H50N6O4S/c1-3-28-21-29-12-13-31(32(22-28)23-29)24-37(46)41-17-18-42-39(47)48-19-7-8-30-14-15-34(20-27(30)2)49-26-36-43-44-38(50-35-10-4-5-11-35)45(36)33-9-6-16-40-25-33/h6,9,14-16,20,25,28-29,31-32,35H,3-5,10-13,17-19,21-24,26H2,1-2H3,(H,41,46)(H,42,47)/t28?,29-,31?,32+/m1/s1. The fourth-order valence-corrected chi connectivity index (χ4v) is 9.14. The van der Waals surface area contributed by atoms with Crippen molar-refractivity contribution in [2.24, 2.45) is 23.7 Å². The summed E-state index contributed by atoms with van der Waals surface area (Å²) in [6.45, 7) is 5.17. The van der Waals surface area contributed by atoms with Crippen molar-refractivity contribution in [1.82, 2.24) is 30.4 Å². The maximum absolute atomic E-state index is 12.6.